The number of likely N-dealkylation sites (N-methyl/N-ethyl adjacent to an activating group) is 1. The standard InChI is InChI=1S/C19H29N3O3S/c1-20(2)19(23)15-21-12-16-8-9-17(14-21)22(13-16)10-11-26(24,25)18-6-4-3-5-7-18/h3-7,16-17H,8-15H2,1-2H3/t16-,17+/m0/s1. The van der Waals surface area contributed by atoms with E-state index >= 15 is 0 Å². The largest absolute Gasteiger partial charge is 0.348 e. The molecule has 3 saturated heterocycles. The number of hydrogen-bond acceptors (Lipinski definition) is 5. The van der Waals surface area contributed by atoms with Crippen molar-refractivity contribution in [1.29, 1.82) is 0 Å². The lowest BCUT2D eigenvalue weighted by Crippen LogP contribution is -2.46. The summed E-state index contributed by atoms with van der Waals surface area (Å²) in [7, 11) is 0.326. The van der Waals surface area contributed by atoms with E-state index in [0.29, 0.717) is 29.9 Å². The molecule has 4 rings (SSSR count). The Bertz CT molecular complexity index is 721. The Morgan fingerprint density at radius 1 is 1.12 bits per heavy atom. The van der Waals surface area contributed by atoms with Gasteiger partial charge in [0.1, 0.15) is 0 Å². The molecule has 0 radical (unpaired) electrons. The molecular formula is C19H29N3O3S. The number of sulfone groups is 1. The molecule has 1 aromatic carbocycles. The average molecular weight is 380 g/mol. The zero-order valence-electron chi connectivity index (χ0n) is 15.7. The van der Waals surface area contributed by atoms with Gasteiger partial charge in [0.05, 0.1) is 17.2 Å². The van der Waals surface area contributed by atoms with E-state index in [0.717, 1.165) is 26.1 Å². The molecule has 0 unspecified atom stereocenters. The molecule has 0 spiro atoms. The van der Waals surface area contributed by atoms with Gasteiger partial charge in [0.2, 0.25) is 5.91 Å². The summed E-state index contributed by atoms with van der Waals surface area (Å²) in [6.45, 7) is 3.73. The summed E-state index contributed by atoms with van der Waals surface area (Å²) in [5, 5.41) is 0. The third-order valence-electron chi connectivity index (χ3n) is 5.51. The predicted molar refractivity (Wildman–Crippen MR) is 102 cm³/mol. The van der Waals surface area contributed by atoms with E-state index in [1.807, 2.05) is 6.07 Å². The summed E-state index contributed by atoms with van der Waals surface area (Å²) in [5.74, 6) is 0.796. The first-order valence-electron chi connectivity index (χ1n) is 9.29. The quantitative estimate of drug-likeness (QED) is 0.736. The second-order valence-corrected chi connectivity index (χ2v) is 9.82. The van der Waals surface area contributed by atoms with Gasteiger partial charge in [-0.1, -0.05) is 18.2 Å². The number of hydrogen-bond donors (Lipinski definition) is 0. The van der Waals surface area contributed by atoms with E-state index in [-0.39, 0.29) is 11.7 Å². The van der Waals surface area contributed by atoms with Gasteiger partial charge in [-0.25, -0.2) is 8.42 Å². The summed E-state index contributed by atoms with van der Waals surface area (Å²) in [6.07, 6.45) is 2.25. The van der Waals surface area contributed by atoms with Gasteiger partial charge in [-0.15, -0.1) is 0 Å². The predicted octanol–water partition coefficient (Wildman–Crippen LogP) is 0.945. The van der Waals surface area contributed by atoms with Crippen LogP contribution in [0.2, 0.25) is 0 Å². The Labute approximate surface area is 156 Å². The number of benzene rings is 1. The minimum absolute atomic E-state index is 0.129. The van der Waals surface area contributed by atoms with Crippen LogP contribution in [0.4, 0.5) is 0 Å². The minimum atomic E-state index is -3.25. The van der Waals surface area contributed by atoms with Crippen LogP contribution in [0.1, 0.15) is 12.8 Å². The number of carbonyl (C=O) groups excluding carboxylic acids is 1. The molecule has 26 heavy (non-hydrogen) atoms. The van der Waals surface area contributed by atoms with Crippen LogP contribution in [0.15, 0.2) is 35.2 Å². The van der Waals surface area contributed by atoms with Crippen molar-refractivity contribution in [2.24, 2.45) is 5.92 Å². The van der Waals surface area contributed by atoms with Gasteiger partial charge in [0, 0.05) is 46.3 Å². The zero-order chi connectivity index (χ0) is 18.7. The minimum Gasteiger partial charge on any atom is -0.348 e. The lowest BCUT2D eigenvalue weighted by atomic mass is 9.95. The van der Waals surface area contributed by atoms with Crippen LogP contribution >= 0.6 is 0 Å². The lowest BCUT2D eigenvalue weighted by Gasteiger charge is -2.36. The van der Waals surface area contributed by atoms with Crippen LogP contribution in [0.3, 0.4) is 0 Å². The smallest absolute Gasteiger partial charge is 0.236 e. The molecule has 144 valence electrons. The number of carbonyl (C=O) groups is 1. The first-order chi connectivity index (χ1) is 12.3. The third kappa shape index (κ3) is 4.64. The van der Waals surface area contributed by atoms with Gasteiger partial charge in [-0.2, -0.15) is 0 Å². The molecule has 2 atom stereocenters. The highest BCUT2D eigenvalue weighted by Crippen LogP contribution is 2.28. The normalized spacial score (nSPS) is 24.4. The summed E-state index contributed by atoms with van der Waals surface area (Å²) < 4.78 is 25.1. The number of fused-ring (bicyclic) bond motifs is 4. The number of nitrogens with zero attached hydrogens (tertiary/aromatic N) is 3. The van der Waals surface area contributed by atoms with E-state index in [9.17, 15) is 13.2 Å². The van der Waals surface area contributed by atoms with Crippen molar-refractivity contribution in [3.8, 4) is 0 Å². The van der Waals surface area contributed by atoms with Crippen LogP contribution in [0, 0.1) is 5.92 Å². The van der Waals surface area contributed by atoms with Crippen molar-refractivity contribution in [2.45, 2.75) is 23.8 Å². The monoisotopic (exact) mass is 379 g/mol. The maximum absolute atomic E-state index is 12.6. The Hall–Kier alpha value is -1.44. The molecule has 1 aromatic rings. The van der Waals surface area contributed by atoms with Gasteiger partial charge in [-0.05, 0) is 30.9 Å². The van der Waals surface area contributed by atoms with Crippen molar-refractivity contribution in [3.05, 3.63) is 30.3 Å². The Balaban J connectivity index is 1.61. The Morgan fingerprint density at radius 3 is 2.54 bits per heavy atom. The van der Waals surface area contributed by atoms with Crippen LogP contribution in [-0.2, 0) is 14.6 Å². The fourth-order valence-electron chi connectivity index (χ4n) is 3.99. The van der Waals surface area contributed by atoms with Crippen molar-refractivity contribution < 1.29 is 13.2 Å². The molecule has 0 saturated carbocycles. The van der Waals surface area contributed by atoms with Crippen molar-refractivity contribution in [3.63, 3.8) is 0 Å². The molecule has 2 bridgehead atoms. The second-order valence-electron chi connectivity index (χ2n) is 7.71. The van der Waals surface area contributed by atoms with E-state index in [2.05, 4.69) is 9.80 Å². The van der Waals surface area contributed by atoms with Gasteiger partial charge < -0.3 is 4.90 Å². The van der Waals surface area contributed by atoms with E-state index < -0.39 is 9.84 Å². The van der Waals surface area contributed by atoms with Crippen LogP contribution < -0.4 is 0 Å². The first kappa shape index (κ1) is 19.3. The van der Waals surface area contributed by atoms with E-state index in [1.165, 1.54) is 6.42 Å². The SMILES string of the molecule is CN(C)C(=O)CN1C[C@@H]2CC[C@H](C1)N(CCS(=O)(=O)c1ccccc1)C2. The Kier molecular flexibility index (Phi) is 5.99. The lowest BCUT2D eigenvalue weighted by molar-refractivity contribution is -0.130. The molecule has 6 nitrogen and oxygen atoms in total. The molecule has 0 N–H and O–H groups in total. The van der Waals surface area contributed by atoms with Gasteiger partial charge in [0.25, 0.3) is 0 Å². The fourth-order valence-corrected chi connectivity index (χ4v) is 5.28. The van der Waals surface area contributed by atoms with Crippen molar-refractivity contribution in [1.82, 2.24) is 14.7 Å². The summed E-state index contributed by atoms with van der Waals surface area (Å²) in [6, 6.07) is 9.03. The molecule has 3 aliphatic rings. The molecular weight excluding hydrogens is 350 g/mol. The molecule has 3 aliphatic heterocycles. The summed E-state index contributed by atoms with van der Waals surface area (Å²) in [5.41, 5.74) is 0. The highest BCUT2D eigenvalue weighted by Gasteiger charge is 2.35. The zero-order valence-corrected chi connectivity index (χ0v) is 16.5. The number of amides is 1. The summed E-state index contributed by atoms with van der Waals surface area (Å²) >= 11 is 0. The molecule has 7 heteroatoms. The molecule has 3 heterocycles. The summed E-state index contributed by atoms with van der Waals surface area (Å²) in [4.78, 5) is 18.7. The van der Waals surface area contributed by atoms with E-state index in [1.54, 1.807) is 43.3 Å². The van der Waals surface area contributed by atoms with E-state index in [4.69, 9.17) is 0 Å². The first-order valence-corrected chi connectivity index (χ1v) is 10.9. The highest BCUT2D eigenvalue weighted by molar-refractivity contribution is 7.91. The highest BCUT2D eigenvalue weighted by atomic mass is 32.2. The molecule has 3 fully saturated rings. The van der Waals surface area contributed by atoms with Gasteiger partial charge in [-0.3, -0.25) is 14.6 Å². The van der Waals surface area contributed by atoms with Crippen molar-refractivity contribution in [2.75, 3.05) is 52.6 Å². The topological polar surface area (TPSA) is 60.9 Å². The van der Waals surface area contributed by atoms with Gasteiger partial charge in [0.15, 0.2) is 9.84 Å². The van der Waals surface area contributed by atoms with Crippen molar-refractivity contribution >= 4 is 15.7 Å². The molecule has 1 amide bonds. The fraction of sp³-hybridized carbons (Fsp3) is 0.632. The maximum Gasteiger partial charge on any atom is 0.236 e. The number of piperidine rings is 1. The van der Waals surface area contributed by atoms with Crippen LogP contribution in [-0.4, -0.2) is 87.6 Å². The van der Waals surface area contributed by atoms with Crippen LogP contribution in [0.5, 0.6) is 0 Å². The Morgan fingerprint density at radius 2 is 1.85 bits per heavy atom. The van der Waals surface area contributed by atoms with Gasteiger partial charge >= 0.3 is 0 Å². The third-order valence-corrected chi connectivity index (χ3v) is 7.22. The average Bonchev–Trinajstić information content (AvgIpc) is 2.91. The molecule has 0 aromatic heterocycles. The van der Waals surface area contributed by atoms with Crippen LogP contribution in [0.25, 0.3) is 0 Å². The maximum atomic E-state index is 12.6. The second kappa shape index (κ2) is 8.06. The molecule has 0 aliphatic carbocycles. The number of rotatable bonds is 6.